The van der Waals surface area contributed by atoms with Gasteiger partial charge < -0.3 is 10.6 Å². The summed E-state index contributed by atoms with van der Waals surface area (Å²) in [5.41, 5.74) is 1.63. The van der Waals surface area contributed by atoms with Gasteiger partial charge in [0.05, 0.1) is 0 Å². The number of amides is 1. The number of hydrogen-bond donors (Lipinski definition) is 2. The smallest absolute Gasteiger partial charge is 0.251 e. The predicted octanol–water partition coefficient (Wildman–Crippen LogP) is 2.94. The number of aryl methyl sites for hydroxylation is 1. The van der Waals surface area contributed by atoms with E-state index < -0.39 is 0 Å². The average molecular weight is 303 g/mol. The molecule has 1 aromatic carbocycles. The molecule has 1 heterocycles. The minimum atomic E-state index is -0.0315. The summed E-state index contributed by atoms with van der Waals surface area (Å²) in [7, 11) is 0. The molecule has 1 aromatic rings. The van der Waals surface area contributed by atoms with E-state index in [1.165, 1.54) is 0 Å². The topological polar surface area (TPSA) is 41.1 Å². The van der Waals surface area contributed by atoms with Crippen LogP contribution in [0.15, 0.2) is 18.2 Å². The van der Waals surface area contributed by atoms with Crippen LogP contribution in [0.5, 0.6) is 0 Å². The van der Waals surface area contributed by atoms with Crippen LogP contribution in [0.25, 0.3) is 0 Å². The predicted molar refractivity (Wildman–Crippen MR) is 81.4 cm³/mol. The highest BCUT2D eigenvalue weighted by Gasteiger charge is 2.20. The van der Waals surface area contributed by atoms with Gasteiger partial charge >= 0.3 is 0 Å². The fraction of sp³-hybridized carbons (Fsp3) is 0.500. The second-order valence-corrected chi connectivity index (χ2v) is 5.42. The number of piperidine rings is 1. The molecule has 1 saturated heterocycles. The zero-order chi connectivity index (χ0) is 13.1. The molecule has 0 bridgehead atoms. The van der Waals surface area contributed by atoms with E-state index >= 15 is 0 Å². The van der Waals surface area contributed by atoms with Gasteiger partial charge in [-0.05, 0) is 50.9 Å². The molecular weight excluding hydrogens is 283 g/mol. The number of carbonyl (C=O) groups excluding carboxylic acids is 1. The fourth-order valence-corrected chi connectivity index (χ4v) is 2.45. The number of benzene rings is 1. The lowest BCUT2D eigenvalue weighted by Crippen LogP contribution is -2.46. The Hall–Kier alpha value is -0.770. The van der Waals surface area contributed by atoms with Gasteiger partial charge in [-0.1, -0.05) is 17.7 Å². The summed E-state index contributed by atoms with van der Waals surface area (Å²) >= 11 is 6.03. The Bertz CT molecular complexity index is 451. The van der Waals surface area contributed by atoms with E-state index in [4.69, 9.17) is 11.6 Å². The number of rotatable bonds is 2. The zero-order valence-electron chi connectivity index (χ0n) is 11.2. The molecule has 1 amide bonds. The molecule has 1 aliphatic rings. The van der Waals surface area contributed by atoms with Crippen LogP contribution in [0.3, 0.4) is 0 Å². The Kier molecular flexibility index (Phi) is 6.11. The van der Waals surface area contributed by atoms with Crippen molar-refractivity contribution in [2.75, 3.05) is 6.54 Å². The van der Waals surface area contributed by atoms with Gasteiger partial charge in [-0.2, -0.15) is 0 Å². The molecule has 1 aliphatic heterocycles. The maximum Gasteiger partial charge on any atom is 0.251 e. The van der Waals surface area contributed by atoms with Crippen LogP contribution in [0.4, 0.5) is 0 Å². The highest BCUT2D eigenvalue weighted by molar-refractivity contribution is 6.31. The van der Waals surface area contributed by atoms with Crippen LogP contribution in [0, 0.1) is 6.92 Å². The monoisotopic (exact) mass is 302 g/mol. The van der Waals surface area contributed by atoms with Crippen LogP contribution in [-0.4, -0.2) is 24.5 Å². The quantitative estimate of drug-likeness (QED) is 0.882. The van der Waals surface area contributed by atoms with E-state index in [-0.39, 0.29) is 24.4 Å². The number of hydrogen-bond acceptors (Lipinski definition) is 2. The Morgan fingerprint density at radius 3 is 2.84 bits per heavy atom. The van der Waals surface area contributed by atoms with Gasteiger partial charge in [0.25, 0.3) is 5.91 Å². The molecule has 5 heteroatoms. The molecule has 0 aromatic heterocycles. The molecular formula is C14H20Cl2N2O. The van der Waals surface area contributed by atoms with Crippen molar-refractivity contribution in [1.29, 1.82) is 0 Å². The molecule has 0 aliphatic carbocycles. The van der Waals surface area contributed by atoms with Crippen molar-refractivity contribution in [2.45, 2.75) is 38.8 Å². The Balaban J connectivity index is 0.00000180. The molecule has 2 rings (SSSR count). The second kappa shape index (κ2) is 7.13. The molecule has 0 spiro atoms. The molecule has 0 radical (unpaired) electrons. The Morgan fingerprint density at radius 2 is 2.21 bits per heavy atom. The third-order valence-corrected chi connectivity index (χ3v) is 3.80. The first kappa shape index (κ1) is 16.3. The zero-order valence-corrected chi connectivity index (χ0v) is 12.8. The summed E-state index contributed by atoms with van der Waals surface area (Å²) in [6.45, 7) is 5.03. The van der Waals surface area contributed by atoms with Crippen molar-refractivity contribution in [3.05, 3.63) is 34.3 Å². The molecule has 3 nitrogen and oxygen atoms in total. The van der Waals surface area contributed by atoms with Gasteiger partial charge in [-0.25, -0.2) is 0 Å². The summed E-state index contributed by atoms with van der Waals surface area (Å²) in [5.74, 6) is -0.0315. The summed E-state index contributed by atoms with van der Waals surface area (Å²) in [6.07, 6.45) is 1.96. The third-order valence-electron chi connectivity index (χ3n) is 3.39. The van der Waals surface area contributed by atoms with Crippen molar-refractivity contribution < 1.29 is 4.79 Å². The van der Waals surface area contributed by atoms with Crippen molar-refractivity contribution in [2.24, 2.45) is 0 Å². The summed E-state index contributed by atoms with van der Waals surface area (Å²) < 4.78 is 0. The first-order valence-electron chi connectivity index (χ1n) is 6.36. The maximum atomic E-state index is 12.1. The van der Waals surface area contributed by atoms with E-state index in [9.17, 15) is 4.79 Å². The van der Waals surface area contributed by atoms with Gasteiger partial charge in [0, 0.05) is 22.7 Å². The molecule has 1 fully saturated rings. The van der Waals surface area contributed by atoms with E-state index in [0.717, 1.165) is 24.9 Å². The van der Waals surface area contributed by atoms with Crippen LogP contribution >= 0.6 is 24.0 Å². The van der Waals surface area contributed by atoms with Crippen LogP contribution < -0.4 is 10.6 Å². The summed E-state index contributed by atoms with van der Waals surface area (Å²) in [5, 5.41) is 7.08. The highest BCUT2D eigenvalue weighted by atomic mass is 35.5. The second-order valence-electron chi connectivity index (χ2n) is 5.01. The molecule has 106 valence electrons. The maximum absolute atomic E-state index is 12.1. The number of carbonyl (C=O) groups is 1. The molecule has 2 unspecified atom stereocenters. The van der Waals surface area contributed by atoms with Crippen LogP contribution in [0.1, 0.15) is 35.7 Å². The molecule has 2 atom stereocenters. The van der Waals surface area contributed by atoms with Gasteiger partial charge in [-0.3, -0.25) is 4.79 Å². The number of nitrogens with one attached hydrogen (secondary N) is 2. The Labute approximate surface area is 125 Å². The number of halogens is 2. The van der Waals surface area contributed by atoms with Gasteiger partial charge in [0.15, 0.2) is 0 Å². The van der Waals surface area contributed by atoms with Crippen molar-refractivity contribution in [1.82, 2.24) is 10.6 Å². The van der Waals surface area contributed by atoms with Crippen molar-refractivity contribution in [3.8, 4) is 0 Å². The van der Waals surface area contributed by atoms with Gasteiger partial charge in [-0.15, -0.1) is 12.4 Å². The molecule has 19 heavy (non-hydrogen) atoms. The van der Waals surface area contributed by atoms with Crippen molar-refractivity contribution >= 4 is 29.9 Å². The Morgan fingerprint density at radius 1 is 1.47 bits per heavy atom. The summed E-state index contributed by atoms with van der Waals surface area (Å²) in [4.78, 5) is 12.1. The minimum absolute atomic E-state index is 0. The fourth-order valence-electron chi connectivity index (χ4n) is 2.27. The standard InChI is InChI=1S/C14H19ClN2O.ClH/c1-9-3-4-11(8-13(9)15)14(18)17-12-5-6-16-10(2)7-12;/h3-4,8,10,12,16H,5-7H2,1-2H3,(H,17,18);1H. The van der Waals surface area contributed by atoms with E-state index in [0.29, 0.717) is 16.6 Å². The summed E-state index contributed by atoms with van der Waals surface area (Å²) in [6, 6.07) is 6.15. The first-order chi connectivity index (χ1) is 8.56. The lowest BCUT2D eigenvalue weighted by molar-refractivity contribution is 0.0925. The van der Waals surface area contributed by atoms with Gasteiger partial charge in [0.2, 0.25) is 0 Å². The first-order valence-corrected chi connectivity index (χ1v) is 6.74. The highest BCUT2D eigenvalue weighted by Crippen LogP contribution is 2.17. The average Bonchev–Trinajstić information content (AvgIpc) is 2.32. The van der Waals surface area contributed by atoms with E-state index in [2.05, 4.69) is 17.6 Å². The molecule has 2 N–H and O–H groups in total. The SMILES string of the molecule is Cc1ccc(C(=O)NC2CCNC(C)C2)cc1Cl.Cl. The molecule has 0 saturated carbocycles. The lowest BCUT2D eigenvalue weighted by Gasteiger charge is -2.28. The lowest BCUT2D eigenvalue weighted by atomic mass is 10.00. The normalized spacial score (nSPS) is 22.5. The largest absolute Gasteiger partial charge is 0.349 e. The van der Waals surface area contributed by atoms with E-state index in [1.54, 1.807) is 6.07 Å². The van der Waals surface area contributed by atoms with Crippen LogP contribution in [-0.2, 0) is 0 Å². The third kappa shape index (κ3) is 4.37. The minimum Gasteiger partial charge on any atom is -0.349 e. The van der Waals surface area contributed by atoms with Crippen LogP contribution in [0.2, 0.25) is 5.02 Å². The van der Waals surface area contributed by atoms with E-state index in [1.807, 2.05) is 19.1 Å². The van der Waals surface area contributed by atoms with Gasteiger partial charge in [0.1, 0.15) is 0 Å². The van der Waals surface area contributed by atoms with Crippen molar-refractivity contribution in [3.63, 3.8) is 0 Å².